The number of methoxy groups -OCH3 is 1. The Morgan fingerprint density at radius 1 is 1.19 bits per heavy atom. The summed E-state index contributed by atoms with van der Waals surface area (Å²) in [6.45, 7) is 10.6. The van der Waals surface area contributed by atoms with Crippen LogP contribution in [0.1, 0.15) is 53.3 Å². The predicted octanol–water partition coefficient (Wildman–Crippen LogP) is 5.34. The minimum absolute atomic E-state index is 0.0568. The molecule has 1 aromatic heterocycles. The maximum Gasteiger partial charge on any atom is 0.227 e. The zero-order chi connectivity index (χ0) is 25.5. The van der Waals surface area contributed by atoms with Gasteiger partial charge in [0.25, 0.3) is 0 Å². The number of hydrogen-bond donors (Lipinski definition) is 0. The lowest BCUT2D eigenvalue weighted by atomic mass is 9.90. The van der Waals surface area contributed by atoms with Crippen molar-refractivity contribution in [3.63, 3.8) is 0 Å². The third-order valence-corrected chi connectivity index (χ3v) is 7.75. The third-order valence-electron chi connectivity index (χ3n) is 7.75. The van der Waals surface area contributed by atoms with Gasteiger partial charge >= 0.3 is 0 Å². The van der Waals surface area contributed by atoms with Crippen molar-refractivity contribution in [1.29, 1.82) is 0 Å². The lowest BCUT2D eigenvalue weighted by Gasteiger charge is -2.35. The van der Waals surface area contributed by atoms with E-state index >= 15 is 0 Å². The first-order valence-corrected chi connectivity index (χ1v) is 13.2. The summed E-state index contributed by atoms with van der Waals surface area (Å²) in [5.41, 5.74) is 5.16. The minimum Gasteiger partial charge on any atom is -0.383 e. The first kappa shape index (κ1) is 26.4. The molecule has 2 aliphatic heterocycles. The van der Waals surface area contributed by atoms with Crippen molar-refractivity contribution in [2.75, 3.05) is 39.9 Å². The molecule has 0 spiro atoms. The SMILES string of the molecule is C=C/C=C\c1c(C)c(C2CCCN(C(=O)[C@H]3CCN(Cc4ccccc4)C3)C2)n(CCOC)c1CF. The molecule has 2 saturated heterocycles. The Morgan fingerprint density at radius 3 is 2.72 bits per heavy atom. The number of alkyl halides is 1. The molecule has 2 aromatic rings. The van der Waals surface area contributed by atoms with Crippen molar-refractivity contribution in [3.05, 3.63) is 77.1 Å². The van der Waals surface area contributed by atoms with Crippen molar-refractivity contribution in [3.8, 4) is 0 Å². The van der Waals surface area contributed by atoms with Crippen LogP contribution in [0.2, 0.25) is 0 Å². The molecule has 2 fully saturated rings. The number of carbonyl (C=O) groups excluding carboxylic acids is 1. The number of benzene rings is 1. The molecule has 194 valence electrons. The van der Waals surface area contributed by atoms with E-state index in [-0.39, 0.29) is 17.7 Å². The average Bonchev–Trinajstić information content (AvgIpc) is 3.47. The molecule has 1 amide bonds. The van der Waals surface area contributed by atoms with E-state index in [1.165, 1.54) is 5.56 Å². The molecule has 1 unspecified atom stereocenters. The highest BCUT2D eigenvalue weighted by atomic mass is 19.1. The lowest BCUT2D eigenvalue weighted by molar-refractivity contribution is -0.136. The molecule has 2 atom stereocenters. The van der Waals surface area contributed by atoms with E-state index in [0.29, 0.717) is 25.4 Å². The van der Waals surface area contributed by atoms with E-state index in [0.717, 1.165) is 62.3 Å². The van der Waals surface area contributed by atoms with Crippen molar-refractivity contribution < 1.29 is 13.9 Å². The number of ether oxygens (including phenoxy) is 1. The number of piperidine rings is 1. The minimum atomic E-state index is -0.532. The van der Waals surface area contributed by atoms with Gasteiger partial charge in [-0.25, -0.2) is 4.39 Å². The summed E-state index contributed by atoms with van der Waals surface area (Å²) >= 11 is 0. The number of halogens is 1. The van der Waals surface area contributed by atoms with Gasteiger partial charge in [0, 0.05) is 57.0 Å². The van der Waals surface area contributed by atoms with E-state index in [2.05, 4.69) is 52.1 Å². The van der Waals surface area contributed by atoms with Crippen LogP contribution in [-0.4, -0.2) is 60.2 Å². The van der Waals surface area contributed by atoms with Crippen molar-refractivity contribution in [2.24, 2.45) is 5.92 Å². The Balaban J connectivity index is 1.50. The van der Waals surface area contributed by atoms with Gasteiger partial charge in [-0.3, -0.25) is 9.69 Å². The molecule has 0 radical (unpaired) electrons. The molecule has 4 rings (SSSR count). The maximum atomic E-state index is 14.3. The summed E-state index contributed by atoms with van der Waals surface area (Å²) in [5, 5.41) is 0. The van der Waals surface area contributed by atoms with Gasteiger partial charge in [0.2, 0.25) is 5.91 Å². The van der Waals surface area contributed by atoms with Crippen LogP contribution in [-0.2, 0) is 29.3 Å². The second-order valence-electron chi connectivity index (χ2n) is 10.1. The summed E-state index contributed by atoms with van der Waals surface area (Å²) in [6.07, 6.45) is 8.42. The Hall–Kier alpha value is -2.70. The largest absolute Gasteiger partial charge is 0.383 e. The molecule has 0 N–H and O–H groups in total. The van der Waals surface area contributed by atoms with Gasteiger partial charge in [0.05, 0.1) is 18.2 Å². The number of hydrogen-bond acceptors (Lipinski definition) is 3. The zero-order valence-electron chi connectivity index (χ0n) is 21.8. The molecule has 0 bridgehead atoms. The van der Waals surface area contributed by atoms with E-state index in [1.807, 2.05) is 18.2 Å². The monoisotopic (exact) mass is 493 g/mol. The summed E-state index contributed by atoms with van der Waals surface area (Å²) in [6, 6.07) is 10.5. The highest BCUT2D eigenvalue weighted by molar-refractivity contribution is 5.79. The summed E-state index contributed by atoms with van der Waals surface area (Å²) in [4.78, 5) is 18.0. The lowest BCUT2D eigenvalue weighted by Crippen LogP contribution is -2.43. The fraction of sp³-hybridized carbons (Fsp3) is 0.500. The van der Waals surface area contributed by atoms with Crippen LogP contribution in [0.5, 0.6) is 0 Å². The van der Waals surface area contributed by atoms with Crippen LogP contribution in [0, 0.1) is 12.8 Å². The van der Waals surface area contributed by atoms with Gasteiger partial charge in [-0.05, 0) is 43.9 Å². The summed E-state index contributed by atoms with van der Waals surface area (Å²) in [7, 11) is 1.67. The number of amides is 1. The summed E-state index contributed by atoms with van der Waals surface area (Å²) in [5.74, 6) is 0.527. The Kier molecular flexibility index (Phi) is 9.16. The Bertz CT molecular complexity index is 1060. The molecule has 5 nitrogen and oxygen atoms in total. The van der Waals surface area contributed by atoms with Gasteiger partial charge in [0.1, 0.15) is 6.67 Å². The second-order valence-corrected chi connectivity index (χ2v) is 10.1. The van der Waals surface area contributed by atoms with Gasteiger partial charge < -0.3 is 14.2 Å². The highest BCUT2D eigenvalue weighted by Crippen LogP contribution is 2.36. The highest BCUT2D eigenvalue weighted by Gasteiger charge is 2.35. The number of allylic oxidation sites excluding steroid dienone is 2. The normalized spacial score (nSPS) is 20.9. The fourth-order valence-electron chi connectivity index (χ4n) is 6.02. The van der Waals surface area contributed by atoms with Gasteiger partial charge in [-0.1, -0.05) is 55.1 Å². The van der Waals surface area contributed by atoms with Gasteiger partial charge in [-0.15, -0.1) is 0 Å². The Morgan fingerprint density at radius 2 is 2.00 bits per heavy atom. The van der Waals surface area contributed by atoms with Crippen LogP contribution in [0.25, 0.3) is 6.08 Å². The van der Waals surface area contributed by atoms with Crippen molar-refractivity contribution in [1.82, 2.24) is 14.4 Å². The Labute approximate surface area is 215 Å². The molecular formula is C30H40FN3O2. The number of rotatable bonds is 10. The topological polar surface area (TPSA) is 37.7 Å². The molecule has 1 aromatic carbocycles. The van der Waals surface area contributed by atoms with E-state index in [4.69, 9.17) is 4.74 Å². The summed E-state index contributed by atoms with van der Waals surface area (Å²) < 4.78 is 21.7. The van der Waals surface area contributed by atoms with E-state index in [9.17, 15) is 9.18 Å². The number of nitrogens with zero attached hydrogens (tertiary/aromatic N) is 3. The zero-order valence-corrected chi connectivity index (χ0v) is 21.8. The number of carbonyl (C=O) groups is 1. The van der Waals surface area contributed by atoms with Gasteiger partial charge in [0.15, 0.2) is 0 Å². The molecule has 0 aliphatic carbocycles. The van der Waals surface area contributed by atoms with Crippen LogP contribution in [0.15, 0.2) is 49.1 Å². The standard InChI is InChI=1S/C30H40FN3O2/c1-4-5-13-27-23(2)29(34(17-18-36-3)28(27)19-31)25-12-9-15-33(22-25)30(35)26-14-16-32(21-26)20-24-10-7-6-8-11-24/h4-8,10-11,13,25-26H,1,9,12,14-22H2,2-3H3/b13-5-/t25?,26-/m0/s1. The molecular weight excluding hydrogens is 453 g/mol. The second kappa shape index (κ2) is 12.5. The number of aromatic nitrogens is 1. The molecule has 3 heterocycles. The van der Waals surface area contributed by atoms with Gasteiger partial charge in [-0.2, -0.15) is 0 Å². The van der Waals surface area contributed by atoms with Crippen molar-refractivity contribution in [2.45, 2.75) is 51.9 Å². The molecule has 36 heavy (non-hydrogen) atoms. The van der Waals surface area contributed by atoms with Crippen LogP contribution < -0.4 is 0 Å². The quantitative estimate of drug-likeness (QED) is 0.420. The molecule has 6 heteroatoms. The van der Waals surface area contributed by atoms with E-state index < -0.39 is 6.67 Å². The maximum absolute atomic E-state index is 14.3. The number of likely N-dealkylation sites (tertiary alicyclic amines) is 2. The van der Waals surface area contributed by atoms with Crippen LogP contribution >= 0.6 is 0 Å². The molecule has 2 aliphatic rings. The van der Waals surface area contributed by atoms with Crippen LogP contribution in [0.3, 0.4) is 0 Å². The van der Waals surface area contributed by atoms with Crippen molar-refractivity contribution >= 4 is 12.0 Å². The first-order chi connectivity index (χ1) is 17.6. The van der Waals surface area contributed by atoms with Crippen LogP contribution in [0.4, 0.5) is 4.39 Å². The smallest absolute Gasteiger partial charge is 0.227 e. The fourth-order valence-corrected chi connectivity index (χ4v) is 6.02. The third kappa shape index (κ3) is 5.81. The van der Waals surface area contributed by atoms with E-state index in [1.54, 1.807) is 13.2 Å². The average molecular weight is 494 g/mol. The molecule has 0 saturated carbocycles. The predicted molar refractivity (Wildman–Crippen MR) is 143 cm³/mol. The first-order valence-electron chi connectivity index (χ1n) is 13.2.